The molecule has 0 bridgehead atoms. The topological polar surface area (TPSA) is 12.0 Å². The minimum absolute atomic E-state index is 0.968. The van der Waals surface area contributed by atoms with Crippen molar-refractivity contribution < 1.29 is 0 Å². The minimum atomic E-state index is 0.968. The van der Waals surface area contributed by atoms with Gasteiger partial charge in [-0.3, -0.25) is 0 Å². The molecule has 0 aromatic heterocycles. The molecule has 0 heterocycles. The maximum Gasteiger partial charge on any atom is -0.000824 e. The highest BCUT2D eigenvalue weighted by atomic mass is 32.1. The molecule has 2 heteroatoms. The molecule has 0 atom stereocenters. The lowest BCUT2D eigenvalue weighted by molar-refractivity contribution is 0.673. The van der Waals surface area contributed by atoms with Crippen LogP contribution in [0.2, 0.25) is 0 Å². The van der Waals surface area contributed by atoms with E-state index in [0.717, 1.165) is 31.7 Å². The first-order valence-corrected chi connectivity index (χ1v) is 6.67. The van der Waals surface area contributed by atoms with E-state index in [9.17, 15) is 0 Å². The fourth-order valence-electron chi connectivity index (χ4n) is 1.84. The van der Waals surface area contributed by atoms with Gasteiger partial charge in [-0.1, -0.05) is 12.1 Å². The molecule has 0 saturated heterocycles. The molecular formula is C14H23NS. The highest BCUT2D eigenvalue weighted by molar-refractivity contribution is 7.80. The van der Waals surface area contributed by atoms with Crippen LogP contribution in [0.1, 0.15) is 28.7 Å². The quantitative estimate of drug-likeness (QED) is 0.572. The number of aryl methyl sites for hydroxylation is 1. The van der Waals surface area contributed by atoms with Crippen LogP contribution in [0.15, 0.2) is 12.1 Å². The lowest BCUT2D eigenvalue weighted by Crippen LogP contribution is -2.19. The fourth-order valence-corrected chi connectivity index (χ4v) is 1.99. The second kappa shape index (κ2) is 6.97. The summed E-state index contributed by atoms with van der Waals surface area (Å²) in [7, 11) is 0. The van der Waals surface area contributed by atoms with Gasteiger partial charge in [-0.25, -0.2) is 0 Å². The molecule has 0 aliphatic carbocycles. The number of rotatable bonds is 6. The predicted octanol–water partition coefficient (Wildman–Crippen LogP) is 3.06. The molecule has 1 aromatic carbocycles. The van der Waals surface area contributed by atoms with E-state index < -0.39 is 0 Å². The molecule has 0 unspecified atom stereocenters. The number of nitrogens with one attached hydrogen (secondary N) is 1. The zero-order valence-electron chi connectivity index (χ0n) is 10.6. The summed E-state index contributed by atoms with van der Waals surface area (Å²) in [6, 6.07) is 4.49. The highest BCUT2D eigenvalue weighted by Gasteiger charge is 2.02. The van der Waals surface area contributed by atoms with Crippen LogP contribution in [0.3, 0.4) is 0 Å². The Hall–Kier alpha value is -0.470. The molecule has 16 heavy (non-hydrogen) atoms. The first-order chi connectivity index (χ1) is 7.66. The van der Waals surface area contributed by atoms with E-state index >= 15 is 0 Å². The molecular weight excluding hydrogens is 214 g/mol. The monoisotopic (exact) mass is 237 g/mol. The van der Waals surface area contributed by atoms with Crippen molar-refractivity contribution in [1.29, 1.82) is 0 Å². The Kier molecular flexibility index (Phi) is 5.93. The maximum absolute atomic E-state index is 4.19. The zero-order valence-corrected chi connectivity index (χ0v) is 11.5. The Morgan fingerprint density at radius 1 is 1.06 bits per heavy atom. The third-order valence-electron chi connectivity index (χ3n) is 3.25. The average molecular weight is 237 g/mol. The van der Waals surface area contributed by atoms with Crippen LogP contribution in [0.25, 0.3) is 0 Å². The van der Waals surface area contributed by atoms with Gasteiger partial charge in [-0.05, 0) is 74.7 Å². The second-order valence-corrected chi connectivity index (χ2v) is 4.82. The molecule has 0 fully saturated rings. The largest absolute Gasteiger partial charge is 0.316 e. The molecule has 0 spiro atoms. The van der Waals surface area contributed by atoms with Crippen molar-refractivity contribution in [2.24, 2.45) is 0 Å². The molecule has 90 valence electrons. The lowest BCUT2D eigenvalue weighted by Gasteiger charge is -2.11. The molecule has 1 rings (SSSR count). The van der Waals surface area contributed by atoms with E-state index in [1.165, 1.54) is 22.3 Å². The molecule has 0 radical (unpaired) electrons. The van der Waals surface area contributed by atoms with Gasteiger partial charge >= 0.3 is 0 Å². The summed E-state index contributed by atoms with van der Waals surface area (Å²) in [5.41, 5.74) is 5.76. The van der Waals surface area contributed by atoms with Crippen molar-refractivity contribution in [2.45, 2.75) is 33.6 Å². The number of thiol groups is 1. The molecule has 0 aliphatic rings. The van der Waals surface area contributed by atoms with Crippen LogP contribution in [0.4, 0.5) is 0 Å². The summed E-state index contributed by atoms with van der Waals surface area (Å²) in [5.74, 6) is 0.968. The third kappa shape index (κ3) is 3.84. The first-order valence-electron chi connectivity index (χ1n) is 6.04. The van der Waals surface area contributed by atoms with Gasteiger partial charge in [0.25, 0.3) is 0 Å². The van der Waals surface area contributed by atoms with Crippen molar-refractivity contribution in [3.63, 3.8) is 0 Å². The van der Waals surface area contributed by atoms with Gasteiger partial charge in [0, 0.05) is 0 Å². The Morgan fingerprint density at radius 3 is 2.50 bits per heavy atom. The number of hydrogen-bond donors (Lipinski definition) is 2. The van der Waals surface area contributed by atoms with E-state index in [4.69, 9.17) is 0 Å². The van der Waals surface area contributed by atoms with E-state index in [2.05, 4.69) is 50.8 Å². The summed E-state index contributed by atoms with van der Waals surface area (Å²) in [6.45, 7) is 8.76. The summed E-state index contributed by atoms with van der Waals surface area (Å²) >= 11 is 4.19. The molecule has 1 N–H and O–H groups in total. The molecule has 0 aliphatic heterocycles. The molecule has 0 amide bonds. The Morgan fingerprint density at radius 2 is 1.81 bits per heavy atom. The summed E-state index contributed by atoms with van der Waals surface area (Å²) in [4.78, 5) is 0. The van der Waals surface area contributed by atoms with Crippen molar-refractivity contribution in [1.82, 2.24) is 5.32 Å². The summed E-state index contributed by atoms with van der Waals surface area (Å²) < 4.78 is 0. The van der Waals surface area contributed by atoms with Gasteiger partial charge in [-0.2, -0.15) is 12.6 Å². The Labute approximate surface area is 105 Å². The predicted molar refractivity (Wildman–Crippen MR) is 75.7 cm³/mol. The van der Waals surface area contributed by atoms with Crippen LogP contribution in [0, 0.1) is 20.8 Å². The van der Waals surface area contributed by atoms with E-state index in [1.807, 2.05) is 0 Å². The van der Waals surface area contributed by atoms with Gasteiger partial charge in [0.15, 0.2) is 0 Å². The maximum atomic E-state index is 4.19. The van der Waals surface area contributed by atoms with Crippen molar-refractivity contribution in [3.05, 3.63) is 34.4 Å². The molecule has 0 saturated carbocycles. The zero-order chi connectivity index (χ0) is 12.0. The second-order valence-electron chi connectivity index (χ2n) is 4.37. The van der Waals surface area contributed by atoms with Crippen LogP contribution < -0.4 is 5.32 Å². The number of benzene rings is 1. The summed E-state index contributed by atoms with van der Waals surface area (Å²) in [6.07, 6.45) is 2.27. The molecule has 1 aromatic rings. The van der Waals surface area contributed by atoms with Gasteiger partial charge in [-0.15, -0.1) is 0 Å². The van der Waals surface area contributed by atoms with Crippen LogP contribution >= 0.6 is 12.6 Å². The van der Waals surface area contributed by atoms with Crippen LogP contribution in [-0.4, -0.2) is 18.8 Å². The molecule has 1 nitrogen and oxygen atoms in total. The van der Waals surface area contributed by atoms with Crippen LogP contribution in [0.5, 0.6) is 0 Å². The Balaban J connectivity index is 2.45. The first kappa shape index (κ1) is 13.6. The van der Waals surface area contributed by atoms with E-state index in [0.29, 0.717) is 0 Å². The average Bonchev–Trinajstić information content (AvgIpc) is 2.28. The summed E-state index contributed by atoms with van der Waals surface area (Å²) in [5, 5.41) is 3.45. The van der Waals surface area contributed by atoms with Gasteiger partial charge < -0.3 is 5.32 Å². The van der Waals surface area contributed by atoms with E-state index in [-0.39, 0.29) is 0 Å². The normalized spacial score (nSPS) is 10.8. The van der Waals surface area contributed by atoms with E-state index in [1.54, 1.807) is 0 Å². The SMILES string of the molecule is Cc1ccc(CCNCCCS)c(C)c1C. The highest BCUT2D eigenvalue weighted by Crippen LogP contribution is 2.17. The van der Waals surface area contributed by atoms with Crippen molar-refractivity contribution >= 4 is 12.6 Å². The standard InChI is InChI=1S/C14H23NS/c1-11-5-6-14(13(3)12(11)2)7-9-15-8-4-10-16/h5-6,15-16H,4,7-10H2,1-3H3. The van der Waals surface area contributed by atoms with Gasteiger partial charge in [0.05, 0.1) is 0 Å². The lowest BCUT2D eigenvalue weighted by atomic mass is 9.97. The smallest absolute Gasteiger partial charge is 0.000824 e. The van der Waals surface area contributed by atoms with Gasteiger partial charge in [0.1, 0.15) is 0 Å². The van der Waals surface area contributed by atoms with Gasteiger partial charge in [0.2, 0.25) is 0 Å². The third-order valence-corrected chi connectivity index (χ3v) is 3.57. The van der Waals surface area contributed by atoms with Crippen molar-refractivity contribution in [3.8, 4) is 0 Å². The Bertz CT molecular complexity index is 334. The van der Waals surface area contributed by atoms with Crippen molar-refractivity contribution in [2.75, 3.05) is 18.8 Å². The number of hydrogen-bond acceptors (Lipinski definition) is 2. The minimum Gasteiger partial charge on any atom is -0.316 e. The van der Waals surface area contributed by atoms with Crippen LogP contribution in [-0.2, 0) is 6.42 Å². The fraction of sp³-hybridized carbons (Fsp3) is 0.571.